The Balaban J connectivity index is 1.46. The molecule has 0 fully saturated rings. The zero-order chi connectivity index (χ0) is 23.9. The van der Waals surface area contributed by atoms with E-state index in [2.05, 4.69) is 34.0 Å². The van der Waals surface area contributed by atoms with Crippen molar-refractivity contribution < 1.29 is 14.3 Å². The SMILES string of the molecule is CCN(CC)c1ccc(NC(=O)COC(=O)c2cc(-c3ccccn3)nc3ccccc23)cc1. The topological polar surface area (TPSA) is 84.4 Å². The number of nitrogens with zero attached hydrogens (tertiary/aromatic N) is 3. The van der Waals surface area contributed by atoms with Gasteiger partial charge in [0.2, 0.25) is 0 Å². The third-order valence-electron chi connectivity index (χ3n) is 5.48. The maximum absolute atomic E-state index is 12.9. The van der Waals surface area contributed by atoms with Crippen molar-refractivity contribution in [3.63, 3.8) is 0 Å². The van der Waals surface area contributed by atoms with Gasteiger partial charge in [-0.1, -0.05) is 24.3 Å². The number of hydrogen-bond acceptors (Lipinski definition) is 6. The van der Waals surface area contributed by atoms with Crippen molar-refractivity contribution in [2.45, 2.75) is 13.8 Å². The van der Waals surface area contributed by atoms with Crippen molar-refractivity contribution in [2.24, 2.45) is 0 Å². The van der Waals surface area contributed by atoms with E-state index < -0.39 is 18.5 Å². The Morgan fingerprint density at radius 2 is 1.65 bits per heavy atom. The zero-order valence-corrected chi connectivity index (χ0v) is 19.2. The third-order valence-corrected chi connectivity index (χ3v) is 5.48. The number of rotatable bonds is 8. The summed E-state index contributed by atoms with van der Waals surface area (Å²) in [5.74, 6) is -1.00. The molecule has 172 valence electrons. The van der Waals surface area contributed by atoms with E-state index in [4.69, 9.17) is 4.74 Å². The van der Waals surface area contributed by atoms with Crippen LogP contribution >= 0.6 is 0 Å². The van der Waals surface area contributed by atoms with E-state index in [1.165, 1.54) is 0 Å². The first-order valence-corrected chi connectivity index (χ1v) is 11.2. The van der Waals surface area contributed by atoms with Crippen LogP contribution in [0, 0.1) is 0 Å². The molecule has 34 heavy (non-hydrogen) atoms. The smallest absolute Gasteiger partial charge is 0.339 e. The van der Waals surface area contributed by atoms with Crippen LogP contribution in [0.5, 0.6) is 0 Å². The van der Waals surface area contributed by atoms with Crippen LogP contribution in [0.3, 0.4) is 0 Å². The van der Waals surface area contributed by atoms with Gasteiger partial charge in [0.1, 0.15) is 0 Å². The number of para-hydroxylation sites is 1. The van der Waals surface area contributed by atoms with Crippen molar-refractivity contribution in [1.29, 1.82) is 0 Å². The van der Waals surface area contributed by atoms with Crippen molar-refractivity contribution in [1.82, 2.24) is 9.97 Å². The van der Waals surface area contributed by atoms with E-state index in [0.29, 0.717) is 33.5 Å². The molecular weight excluding hydrogens is 428 g/mol. The number of carbonyl (C=O) groups is 2. The number of fused-ring (bicyclic) bond motifs is 1. The van der Waals surface area contributed by atoms with Gasteiger partial charge >= 0.3 is 5.97 Å². The molecule has 0 radical (unpaired) electrons. The summed E-state index contributed by atoms with van der Waals surface area (Å²) >= 11 is 0. The fourth-order valence-corrected chi connectivity index (χ4v) is 3.74. The lowest BCUT2D eigenvalue weighted by Gasteiger charge is -2.21. The summed E-state index contributed by atoms with van der Waals surface area (Å²) in [7, 11) is 0. The van der Waals surface area contributed by atoms with Crippen LogP contribution < -0.4 is 10.2 Å². The molecule has 0 saturated carbocycles. The molecule has 0 bridgehead atoms. The highest BCUT2D eigenvalue weighted by Crippen LogP contribution is 2.24. The molecule has 2 heterocycles. The fraction of sp³-hybridized carbons (Fsp3) is 0.185. The first kappa shape index (κ1) is 22.9. The Kier molecular flexibility index (Phi) is 7.13. The average molecular weight is 455 g/mol. The van der Waals surface area contributed by atoms with Crippen LogP contribution in [-0.4, -0.2) is 41.5 Å². The summed E-state index contributed by atoms with van der Waals surface area (Å²) in [6, 6.07) is 22.0. The second kappa shape index (κ2) is 10.6. The molecule has 2 aromatic heterocycles. The number of carbonyl (C=O) groups excluding carboxylic acids is 2. The first-order chi connectivity index (χ1) is 16.6. The molecule has 2 aromatic carbocycles. The standard InChI is InChI=1S/C27H26N4O3/c1-3-31(4-2)20-14-12-19(13-15-20)29-26(32)18-34-27(33)22-17-25(24-11-7-8-16-28-24)30-23-10-6-5-9-21(22)23/h5-17H,3-4,18H2,1-2H3,(H,29,32). The number of benzene rings is 2. The molecule has 1 amide bonds. The molecule has 1 N–H and O–H groups in total. The van der Waals surface area contributed by atoms with E-state index in [-0.39, 0.29) is 0 Å². The van der Waals surface area contributed by atoms with Gasteiger partial charge in [-0.2, -0.15) is 0 Å². The van der Waals surface area contributed by atoms with Crippen LogP contribution in [0.4, 0.5) is 11.4 Å². The monoisotopic (exact) mass is 454 g/mol. The number of nitrogens with one attached hydrogen (secondary N) is 1. The number of hydrogen-bond donors (Lipinski definition) is 1. The molecule has 0 aliphatic rings. The van der Waals surface area contributed by atoms with Gasteiger partial charge in [-0.25, -0.2) is 9.78 Å². The molecule has 0 spiro atoms. The van der Waals surface area contributed by atoms with E-state index in [0.717, 1.165) is 18.8 Å². The number of pyridine rings is 2. The Bertz CT molecular complexity index is 1290. The maximum Gasteiger partial charge on any atom is 0.339 e. The predicted octanol–water partition coefficient (Wildman–Crippen LogP) is 4.94. The Hall–Kier alpha value is -4.26. The molecule has 0 unspecified atom stereocenters. The lowest BCUT2D eigenvalue weighted by molar-refractivity contribution is -0.119. The molecular formula is C27H26N4O3. The molecule has 0 aliphatic carbocycles. The summed E-state index contributed by atoms with van der Waals surface area (Å²) in [5.41, 5.74) is 3.92. The minimum Gasteiger partial charge on any atom is -0.452 e. The highest BCUT2D eigenvalue weighted by atomic mass is 16.5. The molecule has 4 rings (SSSR count). The molecule has 4 aromatic rings. The Labute approximate surface area is 198 Å². The van der Waals surface area contributed by atoms with Gasteiger partial charge in [-0.15, -0.1) is 0 Å². The molecule has 0 saturated heterocycles. The van der Waals surface area contributed by atoms with Crippen molar-refractivity contribution in [3.05, 3.63) is 84.6 Å². The highest BCUT2D eigenvalue weighted by molar-refractivity contribution is 6.05. The second-order valence-electron chi connectivity index (χ2n) is 7.63. The molecule has 7 nitrogen and oxygen atoms in total. The molecule has 0 atom stereocenters. The minimum absolute atomic E-state index is 0.336. The zero-order valence-electron chi connectivity index (χ0n) is 19.2. The number of anilines is 2. The fourth-order valence-electron chi connectivity index (χ4n) is 3.74. The van der Waals surface area contributed by atoms with E-state index in [1.807, 2.05) is 60.7 Å². The lowest BCUT2D eigenvalue weighted by Crippen LogP contribution is -2.22. The lowest BCUT2D eigenvalue weighted by atomic mass is 10.1. The number of esters is 1. The Morgan fingerprint density at radius 3 is 2.35 bits per heavy atom. The van der Waals surface area contributed by atoms with Crippen LogP contribution in [-0.2, 0) is 9.53 Å². The van der Waals surface area contributed by atoms with Crippen molar-refractivity contribution in [3.8, 4) is 11.4 Å². The summed E-state index contributed by atoms with van der Waals surface area (Å²) in [4.78, 5) is 36.5. The van der Waals surface area contributed by atoms with Gasteiger partial charge in [-0.05, 0) is 62.4 Å². The normalized spacial score (nSPS) is 10.6. The van der Waals surface area contributed by atoms with Crippen LogP contribution in [0.15, 0.2) is 79.0 Å². The average Bonchev–Trinajstić information content (AvgIpc) is 2.89. The van der Waals surface area contributed by atoms with E-state index in [1.54, 1.807) is 18.3 Å². The quantitative estimate of drug-likeness (QED) is 0.380. The van der Waals surface area contributed by atoms with Gasteiger partial charge < -0.3 is 15.0 Å². The van der Waals surface area contributed by atoms with E-state index >= 15 is 0 Å². The number of aromatic nitrogens is 2. The van der Waals surface area contributed by atoms with E-state index in [9.17, 15) is 9.59 Å². The van der Waals surface area contributed by atoms with Crippen molar-refractivity contribution >= 4 is 34.2 Å². The van der Waals surface area contributed by atoms with Crippen LogP contribution in [0.25, 0.3) is 22.3 Å². The van der Waals surface area contributed by atoms with Gasteiger partial charge in [0.25, 0.3) is 5.91 Å². The minimum atomic E-state index is -0.595. The highest BCUT2D eigenvalue weighted by Gasteiger charge is 2.17. The first-order valence-electron chi connectivity index (χ1n) is 11.2. The van der Waals surface area contributed by atoms with Crippen LogP contribution in [0.2, 0.25) is 0 Å². The van der Waals surface area contributed by atoms with Gasteiger partial charge in [0, 0.05) is 36.0 Å². The number of ether oxygens (including phenoxy) is 1. The predicted molar refractivity (Wildman–Crippen MR) is 134 cm³/mol. The third kappa shape index (κ3) is 5.20. The summed E-state index contributed by atoms with van der Waals surface area (Å²) in [6.45, 7) is 5.61. The molecule has 7 heteroatoms. The van der Waals surface area contributed by atoms with Crippen molar-refractivity contribution in [2.75, 3.05) is 29.9 Å². The van der Waals surface area contributed by atoms with Gasteiger partial charge in [-0.3, -0.25) is 9.78 Å². The summed E-state index contributed by atoms with van der Waals surface area (Å²) in [5, 5.41) is 3.42. The summed E-state index contributed by atoms with van der Waals surface area (Å²) < 4.78 is 5.35. The molecule has 0 aliphatic heterocycles. The summed E-state index contributed by atoms with van der Waals surface area (Å²) in [6.07, 6.45) is 1.67. The Morgan fingerprint density at radius 1 is 0.912 bits per heavy atom. The van der Waals surface area contributed by atoms with Crippen LogP contribution in [0.1, 0.15) is 24.2 Å². The van der Waals surface area contributed by atoms with Gasteiger partial charge in [0.15, 0.2) is 6.61 Å². The van der Waals surface area contributed by atoms with Gasteiger partial charge in [0.05, 0.1) is 22.5 Å². The number of amides is 1. The maximum atomic E-state index is 12.9. The second-order valence-corrected chi connectivity index (χ2v) is 7.63. The largest absolute Gasteiger partial charge is 0.452 e.